The van der Waals surface area contributed by atoms with Crippen LogP contribution in [-0.2, 0) is 4.74 Å². The van der Waals surface area contributed by atoms with Crippen LogP contribution in [0.1, 0.15) is 32.5 Å². The van der Waals surface area contributed by atoms with E-state index in [1.165, 1.54) is 4.90 Å². The van der Waals surface area contributed by atoms with Crippen molar-refractivity contribution in [2.75, 3.05) is 40.4 Å². The van der Waals surface area contributed by atoms with Crippen molar-refractivity contribution >= 4 is 11.8 Å². The summed E-state index contributed by atoms with van der Waals surface area (Å²) in [6.45, 7) is 1.87. The topological polar surface area (TPSA) is 104 Å². The van der Waals surface area contributed by atoms with Gasteiger partial charge in [0.15, 0.2) is 5.69 Å². The van der Waals surface area contributed by atoms with E-state index in [0.717, 1.165) is 0 Å². The molecule has 1 aromatic carbocycles. The van der Waals surface area contributed by atoms with Gasteiger partial charge in [-0.05, 0) is 18.2 Å². The van der Waals surface area contributed by atoms with Gasteiger partial charge in [0.05, 0.1) is 30.5 Å². The van der Waals surface area contributed by atoms with Crippen LogP contribution in [0.3, 0.4) is 0 Å². The van der Waals surface area contributed by atoms with E-state index in [4.69, 9.17) is 10.00 Å². The fourth-order valence-corrected chi connectivity index (χ4v) is 2.77. The fraction of sp³-hybridized carbons (Fsp3) is 0.389. The van der Waals surface area contributed by atoms with Crippen molar-refractivity contribution in [3.8, 4) is 6.07 Å². The van der Waals surface area contributed by atoms with Crippen molar-refractivity contribution in [1.29, 1.82) is 5.26 Å². The van der Waals surface area contributed by atoms with Crippen molar-refractivity contribution in [2.24, 2.45) is 0 Å². The van der Waals surface area contributed by atoms with Crippen LogP contribution in [0.2, 0.25) is 0 Å². The molecule has 2 heterocycles. The number of hydrogen-bond donors (Lipinski definition) is 0. The molecule has 1 saturated heterocycles. The summed E-state index contributed by atoms with van der Waals surface area (Å²) < 4.78 is 6.58. The van der Waals surface area contributed by atoms with Crippen LogP contribution in [0.15, 0.2) is 30.5 Å². The summed E-state index contributed by atoms with van der Waals surface area (Å²) in [5, 5.41) is 16.9. The van der Waals surface area contributed by atoms with Crippen molar-refractivity contribution in [1.82, 2.24) is 24.8 Å². The van der Waals surface area contributed by atoms with E-state index >= 15 is 0 Å². The average Bonchev–Trinajstić information content (AvgIpc) is 3.13. The molecular weight excluding hydrogens is 348 g/mol. The monoisotopic (exact) mass is 368 g/mol. The highest BCUT2D eigenvalue weighted by Gasteiger charge is 2.33. The van der Waals surface area contributed by atoms with Gasteiger partial charge < -0.3 is 14.5 Å². The summed E-state index contributed by atoms with van der Waals surface area (Å²) in [5.74, 6) is -0.349. The zero-order chi connectivity index (χ0) is 19.4. The third-order valence-electron chi connectivity index (χ3n) is 4.47. The van der Waals surface area contributed by atoms with Crippen LogP contribution in [0, 0.1) is 11.3 Å². The first-order valence-electron chi connectivity index (χ1n) is 8.49. The van der Waals surface area contributed by atoms with Crippen molar-refractivity contribution < 1.29 is 14.3 Å². The molecule has 1 fully saturated rings. The third-order valence-corrected chi connectivity index (χ3v) is 4.47. The number of nitrogens with zero attached hydrogens (tertiary/aromatic N) is 6. The molecule has 1 aliphatic rings. The second-order valence-corrected chi connectivity index (χ2v) is 6.36. The van der Waals surface area contributed by atoms with Crippen LogP contribution in [0.4, 0.5) is 0 Å². The van der Waals surface area contributed by atoms with Crippen molar-refractivity contribution in [3.05, 3.63) is 47.3 Å². The van der Waals surface area contributed by atoms with E-state index < -0.39 is 0 Å². The number of likely N-dealkylation sites (N-methyl/N-ethyl adjacent to an activating group) is 1. The zero-order valence-corrected chi connectivity index (χ0v) is 15.2. The molecule has 0 spiro atoms. The molecule has 0 N–H and O–H groups in total. The summed E-state index contributed by atoms with van der Waals surface area (Å²) in [5.41, 5.74) is 1.21. The third kappa shape index (κ3) is 3.96. The molecule has 2 aromatic rings. The predicted molar refractivity (Wildman–Crippen MR) is 95.0 cm³/mol. The minimum absolute atomic E-state index is 0.0218. The molecule has 0 bridgehead atoms. The minimum Gasteiger partial charge on any atom is -0.383 e. The lowest BCUT2D eigenvalue weighted by Crippen LogP contribution is -2.50. The molecule has 9 heteroatoms. The summed E-state index contributed by atoms with van der Waals surface area (Å²) in [4.78, 5) is 27.9. The lowest BCUT2D eigenvalue weighted by atomic mass is 10.1. The van der Waals surface area contributed by atoms with E-state index in [1.807, 2.05) is 6.07 Å². The SMILES string of the molecule is COCCN(C)C(=O)c1cn(C2CN(C(=O)c3cccc(C#N)c3)C2)nn1. The quantitative estimate of drug-likeness (QED) is 0.738. The number of amides is 2. The van der Waals surface area contributed by atoms with Gasteiger partial charge in [0.25, 0.3) is 11.8 Å². The maximum absolute atomic E-state index is 12.5. The molecule has 3 rings (SSSR count). The summed E-state index contributed by atoms with van der Waals surface area (Å²) in [6, 6.07) is 8.64. The number of hydrogen-bond acceptors (Lipinski definition) is 6. The lowest BCUT2D eigenvalue weighted by molar-refractivity contribution is 0.0498. The Balaban J connectivity index is 1.58. The summed E-state index contributed by atoms with van der Waals surface area (Å²) in [6.07, 6.45) is 1.61. The van der Waals surface area contributed by atoms with Crippen LogP contribution < -0.4 is 0 Å². The van der Waals surface area contributed by atoms with Gasteiger partial charge in [0.2, 0.25) is 0 Å². The van der Waals surface area contributed by atoms with Crippen LogP contribution in [0.5, 0.6) is 0 Å². The molecular formula is C18H20N6O3. The number of benzene rings is 1. The van der Waals surface area contributed by atoms with Gasteiger partial charge in [0, 0.05) is 39.4 Å². The Morgan fingerprint density at radius 1 is 1.41 bits per heavy atom. The normalized spacial score (nSPS) is 13.7. The molecule has 9 nitrogen and oxygen atoms in total. The number of nitriles is 1. The number of rotatable bonds is 6. The predicted octanol–water partition coefficient (Wildman–Crippen LogP) is 0.565. The molecule has 1 aromatic heterocycles. The second kappa shape index (κ2) is 7.97. The molecule has 0 unspecified atom stereocenters. The second-order valence-electron chi connectivity index (χ2n) is 6.36. The molecule has 1 aliphatic heterocycles. The van der Waals surface area contributed by atoms with Crippen LogP contribution in [0.25, 0.3) is 0 Å². The summed E-state index contributed by atoms with van der Waals surface area (Å²) in [7, 11) is 3.26. The van der Waals surface area contributed by atoms with E-state index in [2.05, 4.69) is 10.3 Å². The Labute approximate surface area is 156 Å². The first-order chi connectivity index (χ1) is 13.0. The van der Waals surface area contributed by atoms with Crippen molar-refractivity contribution in [3.63, 3.8) is 0 Å². The van der Waals surface area contributed by atoms with E-state index in [9.17, 15) is 9.59 Å². The molecule has 0 saturated carbocycles. The minimum atomic E-state index is -0.223. The Bertz CT molecular complexity index is 881. The Kier molecular flexibility index (Phi) is 5.47. The lowest BCUT2D eigenvalue weighted by Gasteiger charge is -2.38. The van der Waals surface area contributed by atoms with E-state index in [-0.39, 0.29) is 23.6 Å². The molecule has 27 heavy (non-hydrogen) atoms. The Morgan fingerprint density at radius 2 is 2.19 bits per heavy atom. The number of carbonyl (C=O) groups excluding carboxylic acids is 2. The number of likely N-dealkylation sites (tertiary alicyclic amines) is 1. The van der Waals surface area contributed by atoms with Gasteiger partial charge in [-0.3, -0.25) is 9.59 Å². The van der Waals surface area contributed by atoms with Gasteiger partial charge in [-0.2, -0.15) is 5.26 Å². The number of ether oxygens (including phenoxy) is 1. The standard InChI is InChI=1S/C18H20N6O3/c1-22(6-7-27-2)18(26)16-12-24(21-20-16)15-10-23(11-15)17(25)14-5-3-4-13(8-14)9-19/h3-5,8,12,15H,6-7,10-11H2,1-2H3. The molecule has 0 atom stereocenters. The molecule has 0 radical (unpaired) electrons. The van der Waals surface area contributed by atoms with Gasteiger partial charge >= 0.3 is 0 Å². The molecule has 0 aliphatic carbocycles. The largest absolute Gasteiger partial charge is 0.383 e. The van der Waals surface area contributed by atoms with Crippen LogP contribution in [-0.4, -0.2) is 77.0 Å². The Hall–Kier alpha value is -3.25. The number of methoxy groups -OCH3 is 1. The van der Waals surface area contributed by atoms with E-state index in [1.54, 1.807) is 54.2 Å². The fourth-order valence-electron chi connectivity index (χ4n) is 2.77. The summed E-state index contributed by atoms with van der Waals surface area (Å²) >= 11 is 0. The highest BCUT2D eigenvalue weighted by atomic mass is 16.5. The van der Waals surface area contributed by atoms with Gasteiger partial charge in [-0.25, -0.2) is 4.68 Å². The first-order valence-corrected chi connectivity index (χ1v) is 8.49. The number of aromatic nitrogens is 3. The van der Waals surface area contributed by atoms with E-state index in [0.29, 0.717) is 37.4 Å². The number of carbonyl (C=O) groups is 2. The highest BCUT2D eigenvalue weighted by Crippen LogP contribution is 2.23. The average molecular weight is 368 g/mol. The first kappa shape index (κ1) is 18.5. The van der Waals surface area contributed by atoms with Crippen LogP contribution >= 0.6 is 0 Å². The Morgan fingerprint density at radius 3 is 2.89 bits per heavy atom. The molecule has 2 amide bonds. The smallest absolute Gasteiger partial charge is 0.275 e. The van der Waals surface area contributed by atoms with Gasteiger partial charge in [-0.15, -0.1) is 5.10 Å². The van der Waals surface area contributed by atoms with Gasteiger partial charge in [-0.1, -0.05) is 11.3 Å². The zero-order valence-electron chi connectivity index (χ0n) is 15.2. The molecule has 140 valence electrons. The highest BCUT2D eigenvalue weighted by molar-refractivity contribution is 5.95. The maximum atomic E-state index is 12.5. The van der Waals surface area contributed by atoms with Crippen molar-refractivity contribution in [2.45, 2.75) is 6.04 Å². The van der Waals surface area contributed by atoms with Gasteiger partial charge in [0.1, 0.15) is 0 Å². The maximum Gasteiger partial charge on any atom is 0.275 e.